The summed E-state index contributed by atoms with van der Waals surface area (Å²) in [5.74, 6) is 0.534. The Morgan fingerprint density at radius 3 is 3.11 bits per heavy atom. The summed E-state index contributed by atoms with van der Waals surface area (Å²) in [5, 5.41) is 4.26. The molecular formula is C13H14N4S. The summed E-state index contributed by atoms with van der Waals surface area (Å²) in [4.78, 5) is 8.72. The maximum Gasteiger partial charge on any atom is 0.202 e. The van der Waals surface area contributed by atoms with Gasteiger partial charge in [0.05, 0.1) is 0 Å². The predicted octanol–water partition coefficient (Wildman–Crippen LogP) is 2.88. The Labute approximate surface area is 109 Å². The predicted molar refractivity (Wildman–Crippen MR) is 74.7 cm³/mol. The number of hydrogen-bond acceptors (Lipinski definition) is 4. The van der Waals surface area contributed by atoms with Crippen LogP contribution in [0.1, 0.15) is 18.5 Å². The minimum absolute atomic E-state index is 0.250. The van der Waals surface area contributed by atoms with Gasteiger partial charge in [-0.25, -0.2) is 9.97 Å². The van der Waals surface area contributed by atoms with Crippen LogP contribution in [-0.4, -0.2) is 14.5 Å². The minimum Gasteiger partial charge on any atom is -0.369 e. The number of rotatable bonds is 3. The topological polar surface area (TPSA) is 56.7 Å². The Bertz CT molecular complexity index is 657. The first-order chi connectivity index (χ1) is 8.75. The average Bonchev–Trinajstić information content (AvgIpc) is 2.94. The Kier molecular flexibility index (Phi) is 2.76. The summed E-state index contributed by atoms with van der Waals surface area (Å²) in [6, 6.07) is 6.21. The van der Waals surface area contributed by atoms with Crippen molar-refractivity contribution in [3.8, 4) is 0 Å². The van der Waals surface area contributed by atoms with E-state index in [2.05, 4.69) is 33.7 Å². The van der Waals surface area contributed by atoms with Crippen LogP contribution in [0.3, 0.4) is 0 Å². The molecule has 0 aliphatic carbocycles. The van der Waals surface area contributed by atoms with E-state index in [1.165, 1.54) is 5.56 Å². The number of fused-ring (bicyclic) bond motifs is 1. The van der Waals surface area contributed by atoms with Crippen LogP contribution in [0.5, 0.6) is 0 Å². The fourth-order valence-electron chi connectivity index (χ4n) is 2.22. The quantitative estimate of drug-likeness (QED) is 0.786. The second-order valence-electron chi connectivity index (χ2n) is 4.37. The van der Waals surface area contributed by atoms with Gasteiger partial charge in [0.15, 0.2) is 5.65 Å². The van der Waals surface area contributed by atoms with Crippen LogP contribution < -0.4 is 5.73 Å². The molecule has 5 heteroatoms. The first-order valence-electron chi connectivity index (χ1n) is 5.85. The molecule has 0 aromatic carbocycles. The number of thiophene rings is 1. The number of nitrogens with two attached hydrogens (primary N) is 1. The van der Waals surface area contributed by atoms with E-state index in [1.54, 1.807) is 17.5 Å². The van der Waals surface area contributed by atoms with Crippen LogP contribution in [0.15, 0.2) is 35.2 Å². The van der Waals surface area contributed by atoms with Crippen molar-refractivity contribution in [2.24, 2.45) is 0 Å². The molecule has 3 heterocycles. The molecule has 0 aliphatic rings. The van der Waals surface area contributed by atoms with Crippen molar-refractivity contribution in [1.82, 2.24) is 14.5 Å². The van der Waals surface area contributed by atoms with Gasteiger partial charge in [-0.2, -0.15) is 11.3 Å². The second-order valence-corrected chi connectivity index (χ2v) is 5.15. The lowest BCUT2D eigenvalue weighted by molar-refractivity contribution is 0.564. The highest BCUT2D eigenvalue weighted by molar-refractivity contribution is 7.07. The Hall–Kier alpha value is -1.88. The highest BCUT2D eigenvalue weighted by atomic mass is 32.1. The molecule has 1 unspecified atom stereocenters. The van der Waals surface area contributed by atoms with Crippen molar-refractivity contribution < 1.29 is 0 Å². The fourth-order valence-corrected chi connectivity index (χ4v) is 2.90. The summed E-state index contributed by atoms with van der Waals surface area (Å²) in [5.41, 5.74) is 9.03. The molecule has 1 atom stereocenters. The van der Waals surface area contributed by atoms with E-state index in [0.29, 0.717) is 5.95 Å². The monoisotopic (exact) mass is 258 g/mol. The van der Waals surface area contributed by atoms with Crippen LogP contribution in [0.2, 0.25) is 0 Å². The van der Waals surface area contributed by atoms with Crippen LogP contribution >= 0.6 is 11.3 Å². The highest BCUT2D eigenvalue weighted by Gasteiger charge is 2.15. The Balaban J connectivity index is 2.00. The molecule has 0 aliphatic heterocycles. The molecule has 4 nitrogen and oxygen atoms in total. The Morgan fingerprint density at radius 2 is 2.33 bits per heavy atom. The molecule has 2 N–H and O–H groups in total. The zero-order valence-electron chi connectivity index (χ0n) is 10.1. The molecule has 0 amide bonds. The third-order valence-corrected chi connectivity index (χ3v) is 3.76. The number of hydrogen-bond donors (Lipinski definition) is 1. The van der Waals surface area contributed by atoms with E-state index in [-0.39, 0.29) is 6.04 Å². The minimum atomic E-state index is 0.250. The lowest BCUT2D eigenvalue weighted by Crippen LogP contribution is -2.11. The maximum atomic E-state index is 6.00. The van der Waals surface area contributed by atoms with E-state index < -0.39 is 0 Å². The molecule has 0 spiro atoms. The van der Waals surface area contributed by atoms with Gasteiger partial charge in [0.1, 0.15) is 5.52 Å². The smallest absolute Gasteiger partial charge is 0.202 e. The van der Waals surface area contributed by atoms with Crippen molar-refractivity contribution in [2.45, 2.75) is 19.4 Å². The van der Waals surface area contributed by atoms with Gasteiger partial charge < -0.3 is 5.73 Å². The molecule has 0 bridgehead atoms. The van der Waals surface area contributed by atoms with Gasteiger partial charge in [-0.05, 0) is 47.9 Å². The van der Waals surface area contributed by atoms with Gasteiger partial charge in [0.2, 0.25) is 5.95 Å². The molecule has 3 aromatic rings. The van der Waals surface area contributed by atoms with E-state index in [1.807, 2.05) is 16.7 Å². The second kappa shape index (κ2) is 4.42. The molecular weight excluding hydrogens is 244 g/mol. The summed E-state index contributed by atoms with van der Waals surface area (Å²) >= 11 is 1.71. The summed E-state index contributed by atoms with van der Waals surface area (Å²) < 4.78 is 2.01. The van der Waals surface area contributed by atoms with E-state index in [9.17, 15) is 0 Å². The average molecular weight is 258 g/mol. The number of nitrogen functional groups attached to an aromatic ring is 1. The molecule has 0 saturated carbocycles. The van der Waals surface area contributed by atoms with Crippen molar-refractivity contribution in [1.29, 1.82) is 0 Å². The third kappa shape index (κ3) is 1.86. The van der Waals surface area contributed by atoms with Crippen LogP contribution in [0, 0.1) is 0 Å². The summed E-state index contributed by atoms with van der Waals surface area (Å²) in [7, 11) is 0. The maximum absolute atomic E-state index is 6.00. The van der Waals surface area contributed by atoms with Gasteiger partial charge in [-0.15, -0.1) is 0 Å². The van der Waals surface area contributed by atoms with Crippen molar-refractivity contribution in [2.75, 3.05) is 5.73 Å². The molecule has 0 fully saturated rings. The summed E-state index contributed by atoms with van der Waals surface area (Å²) in [6.45, 7) is 2.14. The number of imidazole rings is 1. The summed E-state index contributed by atoms with van der Waals surface area (Å²) in [6.07, 6.45) is 2.72. The number of aromatic nitrogens is 3. The third-order valence-electron chi connectivity index (χ3n) is 3.03. The number of pyridine rings is 1. The standard InChI is InChI=1S/C13H14N4S/c1-9(7-10-4-6-18-8-10)17-12-11(16-13(17)14)3-2-5-15-12/h2-6,8-9H,7H2,1H3,(H2,14,16). The highest BCUT2D eigenvalue weighted by Crippen LogP contribution is 2.24. The van der Waals surface area contributed by atoms with Crippen molar-refractivity contribution in [3.05, 3.63) is 40.7 Å². The van der Waals surface area contributed by atoms with Crippen LogP contribution in [-0.2, 0) is 6.42 Å². The van der Waals surface area contributed by atoms with E-state index >= 15 is 0 Å². The molecule has 0 saturated heterocycles. The van der Waals surface area contributed by atoms with Gasteiger partial charge in [0.25, 0.3) is 0 Å². The zero-order chi connectivity index (χ0) is 12.5. The zero-order valence-corrected chi connectivity index (χ0v) is 10.9. The molecule has 18 heavy (non-hydrogen) atoms. The van der Waals surface area contributed by atoms with Crippen LogP contribution in [0.25, 0.3) is 11.2 Å². The van der Waals surface area contributed by atoms with Crippen molar-refractivity contribution in [3.63, 3.8) is 0 Å². The van der Waals surface area contributed by atoms with Gasteiger partial charge in [-0.3, -0.25) is 4.57 Å². The number of nitrogens with zero attached hydrogens (tertiary/aromatic N) is 3. The Morgan fingerprint density at radius 1 is 1.44 bits per heavy atom. The lowest BCUT2D eigenvalue weighted by Gasteiger charge is -2.14. The molecule has 0 radical (unpaired) electrons. The van der Waals surface area contributed by atoms with E-state index in [4.69, 9.17) is 5.73 Å². The largest absolute Gasteiger partial charge is 0.369 e. The van der Waals surface area contributed by atoms with Gasteiger partial charge in [-0.1, -0.05) is 0 Å². The first kappa shape index (κ1) is 11.2. The van der Waals surface area contributed by atoms with Gasteiger partial charge >= 0.3 is 0 Å². The SMILES string of the molecule is CC(Cc1ccsc1)n1c(N)nc2cccnc21. The van der Waals surface area contributed by atoms with E-state index in [0.717, 1.165) is 17.6 Å². The normalized spacial score (nSPS) is 12.9. The van der Waals surface area contributed by atoms with Crippen molar-refractivity contribution >= 4 is 28.4 Å². The fraction of sp³-hybridized carbons (Fsp3) is 0.231. The molecule has 3 aromatic heterocycles. The number of anilines is 1. The van der Waals surface area contributed by atoms with Gasteiger partial charge in [0, 0.05) is 12.2 Å². The molecule has 3 rings (SSSR count). The van der Waals surface area contributed by atoms with Crippen LogP contribution in [0.4, 0.5) is 5.95 Å². The lowest BCUT2D eigenvalue weighted by atomic mass is 10.1. The first-order valence-corrected chi connectivity index (χ1v) is 6.79. The molecule has 92 valence electrons.